The van der Waals surface area contributed by atoms with E-state index < -0.39 is 0 Å². The van der Waals surface area contributed by atoms with Gasteiger partial charge in [0.25, 0.3) is 0 Å². The summed E-state index contributed by atoms with van der Waals surface area (Å²) in [4.78, 5) is 4.18. The smallest absolute Gasteiger partial charge is 0.0994 e. The van der Waals surface area contributed by atoms with E-state index in [1.165, 1.54) is 5.56 Å². The number of rotatable bonds is 3. The molecule has 2 N–H and O–H groups in total. The van der Waals surface area contributed by atoms with E-state index in [2.05, 4.69) is 41.6 Å². The minimum Gasteiger partial charge on any atom is -0.323 e. The molecule has 0 aliphatic rings. The lowest BCUT2D eigenvalue weighted by Gasteiger charge is -2.13. The third kappa shape index (κ3) is 1.99. The number of hydrogen-bond acceptors (Lipinski definition) is 2. The molecule has 0 amide bonds. The summed E-state index contributed by atoms with van der Waals surface area (Å²) in [6.45, 7) is 4.16. The predicted octanol–water partition coefficient (Wildman–Crippen LogP) is 2.59. The number of benzene rings is 1. The zero-order valence-corrected chi connectivity index (χ0v) is 9.72. The highest BCUT2D eigenvalue weighted by Crippen LogP contribution is 2.18. The lowest BCUT2D eigenvalue weighted by Crippen LogP contribution is -2.13. The molecule has 0 spiro atoms. The van der Waals surface area contributed by atoms with Crippen LogP contribution >= 0.6 is 0 Å². The largest absolute Gasteiger partial charge is 0.323 e. The fourth-order valence-corrected chi connectivity index (χ4v) is 1.78. The molecule has 16 heavy (non-hydrogen) atoms. The number of hydrogen-bond donors (Lipinski definition) is 1. The van der Waals surface area contributed by atoms with Crippen LogP contribution in [-0.4, -0.2) is 9.55 Å². The van der Waals surface area contributed by atoms with Gasteiger partial charge in [-0.25, -0.2) is 4.98 Å². The monoisotopic (exact) mass is 215 g/mol. The zero-order chi connectivity index (χ0) is 11.5. The van der Waals surface area contributed by atoms with Crippen LogP contribution in [0, 0.1) is 6.92 Å². The molecule has 0 saturated heterocycles. The molecular weight excluding hydrogens is 198 g/mol. The van der Waals surface area contributed by atoms with E-state index in [0.717, 1.165) is 17.8 Å². The van der Waals surface area contributed by atoms with Crippen molar-refractivity contribution in [2.45, 2.75) is 26.3 Å². The second-order valence-electron chi connectivity index (χ2n) is 4.04. The Balaban J connectivity index is 2.44. The lowest BCUT2D eigenvalue weighted by molar-refractivity contribution is 0.659. The topological polar surface area (TPSA) is 43.8 Å². The minimum absolute atomic E-state index is 0.0445. The van der Waals surface area contributed by atoms with E-state index >= 15 is 0 Å². The van der Waals surface area contributed by atoms with Gasteiger partial charge in [-0.1, -0.05) is 19.1 Å². The molecule has 3 heteroatoms. The Morgan fingerprint density at radius 2 is 2.25 bits per heavy atom. The van der Waals surface area contributed by atoms with Crippen molar-refractivity contribution >= 4 is 0 Å². The van der Waals surface area contributed by atoms with E-state index in [1.54, 1.807) is 0 Å². The van der Waals surface area contributed by atoms with E-state index in [0.29, 0.717) is 0 Å². The first kappa shape index (κ1) is 10.9. The molecule has 1 aromatic carbocycles. The second-order valence-corrected chi connectivity index (χ2v) is 4.04. The summed E-state index contributed by atoms with van der Waals surface area (Å²) >= 11 is 0. The minimum atomic E-state index is 0.0445. The summed E-state index contributed by atoms with van der Waals surface area (Å²) in [6, 6.07) is 8.38. The average molecular weight is 215 g/mol. The quantitative estimate of drug-likeness (QED) is 0.855. The van der Waals surface area contributed by atoms with Crippen LogP contribution in [0.1, 0.15) is 30.6 Å². The van der Waals surface area contributed by atoms with Crippen LogP contribution in [0.5, 0.6) is 0 Å². The fraction of sp³-hybridized carbons (Fsp3) is 0.308. The molecule has 0 radical (unpaired) electrons. The Bertz CT molecular complexity index is 474. The Hall–Kier alpha value is -1.61. The first-order valence-corrected chi connectivity index (χ1v) is 5.57. The molecule has 84 valence electrons. The molecule has 1 heterocycles. The standard InChI is InChI=1S/C13H17N3/c1-3-12(14)13-8-15-9-16(13)11-6-4-5-10(2)7-11/h4-9,12H,3,14H2,1-2H3/t12-/m1/s1. The van der Waals surface area contributed by atoms with Crippen molar-refractivity contribution < 1.29 is 0 Å². The number of nitrogens with two attached hydrogens (primary N) is 1. The van der Waals surface area contributed by atoms with Gasteiger partial charge in [0, 0.05) is 11.7 Å². The third-order valence-electron chi connectivity index (χ3n) is 2.77. The predicted molar refractivity (Wildman–Crippen MR) is 65.5 cm³/mol. The van der Waals surface area contributed by atoms with Crippen LogP contribution in [0.4, 0.5) is 0 Å². The summed E-state index contributed by atoms with van der Waals surface area (Å²) in [5, 5.41) is 0. The summed E-state index contributed by atoms with van der Waals surface area (Å²) in [6.07, 6.45) is 4.58. The summed E-state index contributed by atoms with van der Waals surface area (Å²) < 4.78 is 2.06. The van der Waals surface area contributed by atoms with Crippen LogP contribution in [-0.2, 0) is 0 Å². The normalized spacial score (nSPS) is 12.7. The van der Waals surface area contributed by atoms with Gasteiger partial charge in [-0.3, -0.25) is 0 Å². The van der Waals surface area contributed by atoms with Gasteiger partial charge in [-0.2, -0.15) is 0 Å². The van der Waals surface area contributed by atoms with Gasteiger partial charge < -0.3 is 10.3 Å². The average Bonchev–Trinajstić information content (AvgIpc) is 2.77. The molecule has 2 rings (SSSR count). The Morgan fingerprint density at radius 1 is 1.44 bits per heavy atom. The van der Waals surface area contributed by atoms with E-state index in [1.807, 2.05) is 18.6 Å². The molecule has 3 nitrogen and oxygen atoms in total. The number of aromatic nitrogens is 2. The van der Waals surface area contributed by atoms with Crippen molar-refractivity contribution in [2.24, 2.45) is 5.73 Å². The highest BCUT2D eigenvalue weighted by molar-refractivity contribution is 5.37. The van der Waals surface area contributed by atoms with Gasteiger partial charge in [0.05, 0.1) is 18.2 Å². The molecule has 2 aromatic rings. The molecule has 0 aliphatic carbocycles. The van der Waals surface area contributed by atoms with Gasteiger partial charge in [0.15, 0.2) is 0 Å². The van der Waals surface area contributed by atoms with Gasteiger partial charge >= 0.3 is 0 Å². The molecule has 0 bridgehead atoms. The van der Waals surface area contributed by atoms with Crippen molar-refractivity contribution in [3.8, 4) is 5.69 Å². The van der Waals surface area contributed by atoms with Gasteiger partial charge in [0.2, 0.25) is 0 Å². The SMILES string of the molecule is CC[C@@H](N)c1cncn1-c1cccc(C)c1. The van der Waals surface area contributed by atoms with E-state index in [-0.39, 0.29) is 6.04 Å². The maximum Gasteiger partial charge on any atom is 0.0994 e. The van der Waals surface area contributed by atoms with Crippen molar-refractivity contribution in [2.75, 3.05) is 0 Å². The van der Waals surface area contributed by atoms with Crippen LogP contribution in [0.15, 0.2) is 36.8 Å². The molecule has 1 atom stereocenters. The fourth-order valence-electron chi connectivity index (χ4n) is 1.78. The van der Waals surface area contributed by atoms with Gasteiger partial charge in [-0.05, 0) is 31.0 Å². The maximum atomic E-state index is 6.05. The Labute approximate surface area is 95.9 Å². The number of nitrogens with zero attached hydrogens (tertiary/aromatic N) is 2. The van der Waals surface area contributed by atoms with Gasteiger partial charge in [-0.15, -0.1) is 0 Å². The highest BCUT2D eigenvalue weighted by atomic mass is 15.1. The number of imidazole rings is 1. The summed E-state index contributed by atoms with van der Waals surface area (Å²) in [5.41, 5.74) is 9.48. The first-order chi connectivity index (χ1) is 7.72. The van der Waals surface area contributed by atoms with Crippen LogP contribution in [0.25, 0.3) is 5.69 Å². The molecule has 0 saturated carbocycles. The summed E-state index contributed by atoms with van der Waals surface area (Å²) in [7, 11) is 0. The highest BCUT2D eigenvalue weighted by Gasteiger charge is 2.10. The Morgan fingerprint density at radius 3 is 2.94 bits per heavy atom. The van der Waals surface area contributed by atoms with Crippen molar-refractivity contribution in [1.82, 2.24) is 9.55 Å². The van der Waals surface area contributed by atoms with Crippen LogP contribution in [0.2, 0.25) is 0 Å². The van der Waals surface area contributed by atoms with E-state index in [4.69, 9.17) is 5.73 Å². The molecule has 0 fully saturated rings. The number of aryl methyl sites for hydroxylation is 1. The molecule has 0 aliphatic heterocycles. The lowest BCUT2D eigenvalue weighted by atomic mass is 10.1. The van der Waals surface area contributed by atoms with Crippen molar-refractivity contribution in [3.05, 3.63) is 48.0 Å². The summed E-state index contributed by atoms with van der Waals surface area (Å²) in [5.74, 6) is 0. The van der Waals surface area contributed by atoms with Gasteiger partial charge in [0.1, 0.15) is 0 Å². The third-order valence-corrected chi connectivity index (χ3v) is 2.77. The first-order valence-electron chi connectivity index (χ1n) is 5.57. The second kappa shape index (κ2) is 4.49. The molecule has 1 aromatic heterocycles. The Kier molecular flexibility index (Phi) is 3.06. The van der Waals surface area contributed by atoms with Crippen molar-refractivity contribution in [1.29, 1.82) is 0 Å². The van der Waals surface area contributed by atoms with Crippen molar-refractivity contribution in [3.63, 3.8) is 0 Å². The van der Waals surface area contributed by atoms with Crippen LogP contribution in [0.3, 0.4) is 0 Å². The van der Waals surface area contributed by atoms with Crippen LogP contribution < -0.4 is 5.73 Å². The molecule has 0 unspecified atom stereocenters. The molecular formula is C13H17N3. The van der Waals surface area contributed by atoms with E-state index in [9.17, 15) is 0 Å². The zero-order valence-electron chi connectivity index (χ0n) is 9.72. The maximum absolute atomic E-state index is 6.05.